The van der Waals surface area contributed by atoms with Gasteiger partial charge in [-0.3, -0.25) is 9.59 Å². The summed E-state index contributed by atoms with van der Waals surface area (Å²) in [6, 6.07) is 18.9. The minimum atomic E-state index is 0.204. The molecule has 4 heteroatoms. The van der Waals surface area contributed by atoms with E-state index in [1.807, 2.05) is 48.2 Å². The molecule has 1 aliphatic heterocycles. The van der Waals surface area contributed by atoms with Crippen LogP contribution in [0.1, 0.15) is 63.5 Å². The number of carbonyl (C=O) groups excluding carboxylic acids is 2. The van der Waals surface area contributed by atoms with Crippen LogP contribution in [0.15, 0.2) is 60.7 Å². The van der Waals surface area contributed by atoms with Crippen molar-refractivity contribution in [2.24, 2.45) is 0 Å². The number of amides is 1. The van der Waals surface area contributed by atoms with E-state index in [1.54, 1.807) is 6.08 Å². The number of para-hydroxylation sites is 1. The van der Waals surface area contributed by atoms with Gasteiger partial charge in [-0.05, 0) is 55.0 Å². The average molecular weight is 447 g/mol. The smallest absolute Gasteiger partial charge is 0.226 e. The number of anilines is 1. The van der Waals surface area contributed by atoms with Crippen molar-refractivity contribution in [3.8, 4) is 0 Å². The Morgan fingerprint density at radius 3 is 2.33 bits per heavy atom. The molecular formula is C29H38N2O2. The highest BCUT2D eigenvalue weighted by Gasteiger charge is 2.28. The number of hydrogen-bond acceptors (Lipinski definition) is 3. The minimum absolute atomic E-state index is 0.204. The maximum Gasteiger partial charge on any atom is 0.226 e. The standard InChI is InChI=1S/C29H38N2O2/c1-3-5-11-28(32)17-16-24-12-14-25(15-13-24)18-21-30-22-19-27(20-23-30)31(29(33)4-2)26-9-7-6-8-10-26/h6-10,12-17,27H,3-5,11,18-23H2,1-2H3/b17-16+. The predicted molar refractivity (Wildman–Crippen MR) is 137 cm³/mol. The Kier molecular flexibility index (Phi) is 9.89. The van der Waals surface area contributed by atoms with Crippen LogP contribution in [-0.4, -0.2) is 42.3 Å². The Morgan fingerprint density at radius 2 is 1.70 bits per heavy atom. The molecule has 0 radical (unpaired) electrons. The first-order chi connectivity index (χ1) is 16.1. The molecule has 33 heavy (non-hydrogen) atoms. The minimum Gasteiger partial charge on any atom is -0.309 e. The van der Waals surface area contributed by atoms with Crippen LogP contribution < -0.4 is 4.90 Å². The molecule has 176 valence electrons. The van der Waals surface area contributed by atoms with Crippen LogP contribution in [0.3, 0.4) is 0 Å². The zero-order valence-corrected chi connectivity index (χ0v) is 20.2. The van der Waals surface area contributed by atoms with Gasteiger partial charge in [-0.1, -0.05) is 68.8 Å². The number of rotatable bonds is 11. The first kappa shape index (κ1) is 24.9. The quantitative estimate of drug-likeness (QED) is 0.403. The van der Waals surface area contributed by atoms with Crippen LogP contribution in [0.5, 0.6) is 0 Å². The van der Waals surface area contributed by atoms with Crippen molar-refractivity contribution in [3.05, 3.63) is 71.8 Å². The molecule has 4 nitrogen and oxygen atoms in total. The number of carbonyl (C=O) groups is 2. The Morgan fingerprint density at radius 1 is 1.00 bits per heavy atom. The molecule has 2 aromatic rings. The number of likely N-dealkylation sites (tertiary alicyclic amines) is 1. The number of unbranched alkanes of at least 4 members (excludes halogenated alkanes) is 1. The Hall–Kier alpha value is -2.72. The number of piperidine rings is 1. The maximum absolute atomic E-state index is 12.7. The van der Waals surface area contributed by atoms with E-state index in [-0.39, 0.29) is 17.7 Å². The number of ketones is 1. The van der Waals surface area contributed by atoms with Gasteiger partial charge in [-0.15, -0.1) is 0 Å². The van der Waals surface area contributed by atoms with Crippen molar-refractivity contribution in [3.63, 3.8) is 0 Å². The summed E-state index contributed by atoms with van der Waals surface area (Å²) in [5.74, 6) is 0.414. The van der Waals surface area contributed by atoms with Gasteiger partial charge in [-0.2, -0.15) is 0 Å². The second-order valence-corrected chi connectivity index (χ2v) is 8.92. The van der Waals surface area contributed by atoms with Crippen LogP contribution in [0.25, 0.3) is 6.08 Å². The summed E-state index contributed by atoms with van der Waals surface area (Å²) in [6.45, 7) is 7.12. The molecule has 0 atom stereocenters. The molecule has 1 aliphatic rings. The highest BCUT2D eigenvalue weighted by Crippen LogP contribution is 2.24. The summed E-state index contributed by atoms with van der Waals surface area (Å²) in [7, 11) is 0. The zero-order valence-electron chi connectivity index (χ0n) is 20.2. The summed E-state index contributed by atoms with van der Waals surface area (Å²) in [5, 5.41) is 0. The maximum atomic E-state index is 12.7. The highest BCUT2D eigenvalue weighted by molar-refractivity contribution is 5.94. The Balaban J connectivity index is 1.47. The molecule has 0 saturated carbocycles. The molecule has 0 bridgehead atoms. The van der Waals surface area contributed by atoms with E-state index in [9.17, 15) is 9.59 Å². The third-order valence-corrected chi connectivity index (χ3v) is 6.46. The summed E-state index contributed by atoms with van der Waals surface area (Å²) >= 11 is 0. The van der Waals surface area contributed by atoms with Gasteiger partial charge in [0, 0.05) is 44.2 Å². The molecule has 1 amide bonds. The fraction of sp³-hybridized carbons (Fsp3) is 0.448. The normalized spacial score (nSPS) is 15.1. The predicted octanol–water partition coefficient (Wildman–Crippen LogP) is 5.91. The van der Waals surface area contributed by atoms with E-state index in [2.05, 4.69) is 36.1 Å². The Bertz CT molecular complexity index is 897. The molecule has 1 fully saturated rings. The van der Waals surface area contributed by atoms with Crippen molar-refractivity contribution < 1.29 is 9.59 Å². The molecule has 2 aromatic carbocycles. The second-order valence-electron chi connectivity index (χ2n) is 8.92. The van der Waals surface area contributed by atoms with Crippen LogP contribution in [0, 0.1) is 0 Å². The van der Waals surface area contributed by atoms with E-state index in [0.717, 1.165) is 63.0 Å². The molecule has 0 aliphatic carbocycles. The molecule has 0 spiro atoms. The molecule has 0 N–H and O–H groups in total. The fourth-order valence-electron chi connectivity index (χ4n) is 4.42. The monoisotopic (exact) mass is 446 g/mol. The van der Waals surface area contributed by atoms with Gasteiger partial charge in [-0.25, -0.2) is 0 Å². The average Bonchev–Trinajstić information content (AvgIpc) is 2.87. The molecular weight excluding hydrogens is 408 g/mol. The fourth-order valence-corrected chi connectivity index (χ4v) is 4.42. The molecule has 0 aromatic heterocycles. The van der Waals surface area contributed by atoms with Crippen molar-refractivity contribution >= 4 is 23.5 Å². The van der Waals surface area contributed by atoms with Crippen LogP contribution >= 0.6 is 0 Å². The lowest BCUT2D eigenvalue weighted by atomic mass is 10.0. The first-order valence-corrected chi connectivity index (χ1v) is 12.5. The molecule has 0 unspecified atom stereocenters. The van der Waals surface area contributed by atoms with E-state index in [4.69, 9.17) is 0 Å². The van der Waals surface area contributed by atoms with Gasteiger partial charge < -0.3 is 9.80 Å². The lowest BCUT2D eigenvalue weighted by Gasteiger charge is -2.38. The van der Waals surface area contributed by atoms with Gasteiger partial charge in [0.25, 0.3) is 0 Å². The van der Waals surface area contributed by atoms with Crippen LogP contribution in [0.2, 0.25) is 0 Å². The van der Waals surface area contributed by atoms with Gasteiger partial charge in [0.2, 0.25) is 5.91 Å². The van der Waals surface area contributed by atoms with Crippen molar-refractivity contribution in [1.29, 1.82) is 0 Å². The van der Waals surface area contributed by atoms with E-state index in [1.165, 1.54) is 5.56 Å². The SMILES string of the molecule is CCCCC(=O)/C=C/c1ccc(CCN2CCC(N(C(=O)CC)c3ccccc3)CC2)cc1. The van der Waals surface area contributed by atoms with Crippen molar-refractivity contribution in [1.82, 2.24) is 4.90 Å². The second kappa shape index (κ2) is 13.1. The van der Waals surface area contributed by atoms with E-state index < -0.39 is 0 Å². The third-order valence-electron chi connectivity index (χ3n) is 6.46. The summed E-state index contributed by atoms with van der Waals surface area (Å²) < 4.78 is 0. The van der Waals surface area contributed by atoms with Gasteiger partial charge in [0.1, 0.15) is 0 Å². The number of benzene rings is 2. The summed E-state index contributed by atoms with van der Waals surface area (Å²) in [6.07, 6.45) is 9.84. The van der Waals surface area contributed by atoms with Crippen molar-refractivity contribution in [2.75, 3.05) is 24.5 Å². The molecule has 3 rings (SSSR count). The highest BCUT2D eigenvalue weighted by atomic mass is 16.2. The van der Waals surface area contributed by atoms with Crippen LogP contribution in [-0.2, 0) is 16.0 Å². The lowest BCUT2D eigenvalue weighted by molar-refractivity contribution is -0.119. The van der Waals surface area contributed by atoms with Crippen molar-refractivity contribution in [2.45, 2.75) is 64.8 Å². The number of hydrogen-bond donors (Lipinski definition) is 0. The topological polar surface area (TPSA) is 40.6 Å². The molecule has 1 heterocycles. The van der Waals surface area contributed by atoms with Gasteiger partial charge in [0.05, 0.1) is 0 Å². The van der Waals surface area contributed by atoms with Gasteiger partial charge >= 0.3 is 0 Å². The summed E-state index contributed by atoms with van der Waals surface area (Å²) in [4.78, 5) is 29.0. The van der Waals surface area contributed by atoms with Gasteiger partial charge in [0.15, 0.2) is 5.78 Å². The van der Waals surface area contributed by atoms with E-state index in [0.29, 0.717) is 12.8 Å². The molecule has 1 saturated heterocycles. The van der Waals surface area contributed by atoms with Crippen LogP contribution in [0.4, 0.5) is 5.69 Å². The third kappa shape index (κ3) is 7.68. The largest absolute Gasteiger partial charge is 0.309 e. The lowest BCUT2D eigenvalue weighted by Crippen LogP contribution is -2.47. The Labute approximate surface area is 199 Å². The number of allylic oxidation sites excluding steroid dienone is 1. The van der Waals surface area contributed by atoms with E-state index >= 15 is 0 Å². The first-order valence-electron chi connectivity index (χ1n) is 12.5. The number of nitrogens with zero attached hydrogens (tertiary/aromatic N) is 2. The summed E-state index contributed by atoms with van der Waals surface area (Å²) in [5.41, 5.74) is 3.41. The zero-order chi connectivity index (χ0) is 23.5.